The zero-order valence-electron chi connectivity index (χ0n) is 8.66. The summed E-state index contributed by atoms with van der Waals surface area (Å²) in [5.74, 6) is 0.684. The highest BCUT2D eigenvalue weighted by Gasteiger charge is 2.09. The van der Waals surface area contributed by atoms with E-state index in [1.807, 2.05) is 18.2 Å². The Kier molecular flexibility index (Phi) is 2.61. The normalized spacial score (nSPS) is 11.2. The van der Waals surface area contributed by atoms with E-state index in [0.717, 1.165) is 21.1 Å². The van der Waals surface area contributed by atoms with Gasteiger partial charge in [-0.3, -0.25) is 0 Å². The number of hydrogen-bond acceptors (Lipinski definition) is 3. The van der Waals surface area contributed by atoms with Crippen molar-refractivity contribution in [2.75, 3.05) is 5.73 Å². The SMILES string of the molecule is CC(C)c1nc(N)nc2cc(Br)ccc12. The predicted molar refractivity (Wildman–Crippen MR) is 65.7 cm³/mol. The fraction of sp³-hybridized carbons (Fsp3) is 0.273. The lowest BCUT2D eigenvalue weighted by Crippen LogP contribution is -2.02. The zero-order valence-corrected chi connectivity index (χ0v) is 10.2. The van der Waals surface area contributed by atoms with E-state index in [-0.39, 0.29) is 0 Å². The second kappa shape index (κ2) is 3.77. The van der Waals surface area contributed by atoms with Crippen molar-refractivity contribution >= 4 is 32.8 Å². The second-order valence-electron chi connectivity index (χ2n) is 3.78. The maximum Gasteiger partial charge on any atom is 0.220 e. The molecule has 0 radical (unpaired) electrons. The molecule has 0 spiro atoms. The molecule has 3 nitrogen and oxygen atoms in total. The van der Waals surface area contributed by atoms with Crippen molar-refractivity contribution in [3.63, 3.8) is 0 Å². The van der Waals surface area contributed by atoms with Crippen molar-refractivity contribution in [3.05, 3.63) is 28.4 Å². The molecule has 0 saturated heterocycles. The molecule has 0 unspecified atom stereocenters. The number of nitrogens with two attached hydrogens (primary N) is 1. The molecule has 0 bridgehead atoms. The molecule has 78 valence electrons. The van der Waals surface area contributed by atoms with Gasteiger partial charge in [0.05, 0.1) is 11.2 Å². The Hall–Kier alpha value is -1.16. The van der Waals surface area contributed by atoms with Crippen LogP contribution in [0.3, 0.4) is 0 Å². The minimum absolute atomic E-state index is 0.337. The van der Waals surface area contributed by atoms with E-state index in [1.165, 1.54) is 0 Å². The fourth-order valence-electron chi connectivity index (χ4n) is 1.59. The van der Waals surface area contributed by atoms with Gasteiger partial charge in [0.25, 0.3) is 0 Å². The number of fused-ring (bicyclic) bond motifs is 1. The highest BCUT2D eigenvalue weighted by Crippen LogP contribution is 2.25. The Morgan fingerprint density at radius 2 is 2.00 bits per heavy atom. The fourth-order valence-corrected chi connectivity index (χ4v) is 1.94. The second-order valence-corrected chi connectivity index (χ2v) is 4.70. The topological polar surface area (TPSA) is 51.8 Å². The minimum atomic E-state index is 0.337. The molecule has 0 aliphatic carbocycles. The van der Waals surface area contributed by atoms with Crippen molar-refractivity contribution in [2.24, 2.45) is 0 Å². The van der Waals surface area contributed by atoms with Crippen molar-refractivity contribution in [1.82, 2.24) is 9.97 Å². The van der Waals surface area contributed by atoms with Crippen LogP contribution in [0, 0.1) is 0 Å². The Bertz CT molecular complexity index is 503. The summed E-state index contributed by atoms with van der Waals surface area (Å²) >= 11 is 3.42. The molecule has 2 N–H and O–H groups in total. The van der Waals surface area contributed by atoms with Crippen LogP contribution >= 0.6 is 15.9 Å². The van der Waals surface area contributed by atoms with Gasteiger partial charge in [-0.05, 0) is 24.1 Å². The molecule has 0 aliphatic heterocycles. The third-order valence-electron chi connectivity index (χ3n) is 2.25. The highest BCUT2D eigenvalue weighted by atomic mass is 79.9. The third-order valence-corrected chi connectivity index (χ3v) is 2.75. The van der Waals surface area contributed by atoms with Crippen LogP contribution in [-0.4, -0.2) is 9.97 Å². The number of rotatable bonds is 1. The van der Waals surface area contributed by atoms with Gasteiger partial charge in [-0.25, -0.2) is 9.97 Å². The van der Waals surface area contributed by atoms with Gasteiger partial charge in [-0.1, -0.05) is 29.8 Å². The molecule has 15 heavy (non-hydrogen) atoms. The molecule has 0 saturated carbocycles. The Morgan fingerprint density at radius 1 is 1.27 bits per heavy atom. The number of benzene rings is 1. The molecular weight excluding hydrogens is 254 g/mol. The monoisotopic (exact) mass is 265 g/mol. The maximum absolute atomic E-state index is 5.68. The molecule has 1 heterocycles. The summed E-state index contributed by atoms with van der Waals surface area (Å²) < 4.78 is 1.00. The number of nitrogen functional groups attached to an aromatic ring is 1. The van der Waals surface area contributed by atoms with E-state index >= 15 is 0 Å². The van der Waals surface area contributed by atoms with E-state index in [4.69, 9.17) is 5.73 Å². The average molecular weight is 266 g/mol. The van der Waals surface area contributed by atoms with Crippen LogP contribution in [0.25, 0.3) is 10.9 Å². The smallest absolute Gasteiger partial charge is 0.220 e. The molecule has 0 amide bonds. The summed E-state index contributed by atoms with van der Waals surface area (Å²) in [5.41, 5.74) is 7.57. The van der Waals surface area contributed by atoms with Gasteiger partial charge < -0.3 is 5.73 Å². The van der Waals surface area contributed by atoms with Crippen LogP contribution in [0.5, 0.6) is 0 Å². The molecule has 0 fully saturated rings. The van der Waals surface area contributed by atoms with Crippen LogP contribution < -0.4 is 5.73 Å². The Balaban J connectivity index is 2.80. The molecule has 0 aliphatic rings. The first kappa shape index (κ1) is 10.4. The summed E-state index contributed by atoms with van der Waals surface area (Å²) in [6.45, 7) is 4.20. The molecule has 4 heteroatoms. The number of aromatic nitrogens is 2. The highest BCUT2D eigenvalue weighted by molar-refractivity contribution is 9.10. The number of nitrogens with zero attached hydrogens (tertiary/aromatic N) is 2. The molecular formula is C11H12BrN3. The van der Waals surface area contributed by atoms with Gasteiger partial charge in [-0.2, -0.15) is 0 Å². The summed E-state index contributed by atoms with van der Waals surface area (Å²) in [4.78, 5) is 8.50. The van der Waals surface area contributed by atoms with Gasteiger partial charge in [0.2, 0.25) is 5.95 Å². The van der Waals surface area contributed by atoms with E-state index < -0.39 is 0 Å². The molecule has 0 atom stereocenters. The first-order valence-electron chi connectivity index (χ1n) is 4.80. The number of anilines is 1. The van der Waals surface area contributed by atoms with Gasteiger partial charge in [0.1, 0.15) is 0 Å². The summed E-state index contributed by atoms with van der Waals surface area (Å²) in [5, 5.41) is 1.07. The summed E-state index contributed by atoms with van der Waals surface area (Å²) in [7, 11) is 0. The molecule has 1 aromatic heterocycles. The van der Waals surface area contributed by atoms with Crippen LogP contribution in [-0.2, 0) is 0 Å². The van der Waals surface area contributed by atoms with Crippen molar-refractivity contribution < 1.29 is 0 Å². The molecule has 2 rings (SSSR count). The summed E-state index contributed by atoms with van der Waals surface area (Å²) in [6.07, 6.45) is 0. The van der Waals surface area contributed by atoms with Gasteiger partial charge in [-0.15, -0.1) is 0 Å². The average Bonchev–Trinajstić information content (AvgIpc) is 2.15. The van der Waals surface area contributed by atoms with Gasteiger partial charge in [0.15, 0.2) is 0 Å². The standard InChI is InChI=1S/C11H12BrN3/c1-6(2)10-8-4-3-7(12)5-9(8)14-11(13)15-10/h3-6H,1-2H3,(H2,13,14,15). The minimum Gasteiger partial charge on any atom is -0.368 e. The van der Waals surface area contributed by atoms with Crippen LogP contribution in [0.1, 0.15) is 25.5 Å². The number of halogens is 1. The van der Waals surface area contributed by atoms with E-state index in [1.54, 1.807) is 0 Å². The van der Waals surface area contributed by atoms with Crippen LogP contribution in [0.4, 0.5) is 5.95 Å². The van der Waals surface area contributed by atoms with E-state index in [2.05, 4.69) is 39.7 Å². The van der Waals surface area contributed by atoms with Crippen molar-refractivity contribution in [2.45, 2.75) is 19.8 Å². The van der Waals surface area contributed by atoms with E-state index in [0.29, 0.717) is 11.9 Å². The third kappa shape index (κ3) is 1.95. The zero-order chi connectivity index (χ0) is 11.0. The van der Waals surface area contributed by atoms with Crippen molar-refractivity contribution in [3.8, 4) is 0 Å². The predicted octanol–water partition coefficient (Wildman–Crippen LogP) is 3.10. The number of hydrogen-bond donors (Lipinski definition) is 1. The van der Waals surface area contributed by atoms with Crippen LogP contribution in [0.15, 0.2) is 22.7 Å². The quantitative estimate of drug-likeness (QED) is 0.862. The molecule has 1 aromatic carbocycles. The Morgan fingerprint density at radius 3 is 2.67 bits per heavy atom. The van der Waals surface area contributed by atoms with Crippen molar-refractivity contribution in [1.29, 1.82) is 0 Å². The lowest BCUT2D eigenvalue weighted by atomic mass is 10.1. The van der Waals surface area contributed by atoms with E-state index in [9.17, 15) is 0 Å². The maximum atomic E-state index is 5.68. The lowest BCUT2D eigenvalue weighted by Gasteiger charge is -2.09. The van der Waals surface area contributed by atoms with Gasteiger partial charge >= 0.3 is 0 Å². The summed E-state index contributed by atoms with van der Waals surface area (Å²) in [6, 6.07) is 5.97. The lowest BCUT2D eigenvalue weighted by molar-refractivity contribution is 0.832. The largest absolute Gasteiger partial charge is 0.368 e. The first-order valence-corrected chi connectivity index (χ1v) is 5.60. The Labute approximate surface area is 96.9 Å². The van der Waals surface area contributed by atoms with Gasteiger partial charge in [0, 0.05) is 9.86 Å². The molecule has 2 aromatic rings. The first-order chi connectivity index (χ1) is 7.08. The van der Waals surface area contributed by atoms with Crippen LogP contribution in [0.2, 0.25) is 0 Å².